The topological polar surface area (TPSA) is 86.7 Å². The van der Waals surface area contributed by atoms with Crippen molar-refractivity contribution >= 4 is 5.69 Å². The third kappa shape index (κ3) is 1.60. The third-order valence-corrected chi connectivity index (χ3v) is 1.35. The highest BCUT2D eigenvalue weighted by Gasteiger charge is 2.06. The molecule has 0 spiro atoms. The number of anilines is 1. The molecule has 0 fully saturated rings. The quantitative estimate of drug-likeness (QED) is 0.260. The smallest absolute Gasteiger partial charge is 0.180 e. The number of rotatable bonds is 1. The maximum Gasteiger partial charge on any atom is 0.180 e. The van der Waals surface area contributed by atoms with Gasteiger partial charge in [-0.15, -0.1) is 0 Å². The van der Waals surface area contributed by atoms with Gasteiger partial charge in [-0.05, 0) is 18.2 Å². The molecule has 1 aromatic rings. The van der Waals surface area contributed by atoms with Crippen molar-refractivity contribution in [3.8, 4) is 5.75 Å². The molecule has 0 bridgehead atoms. The number of nitrogen functional groups attached to an aromatic ring is 1. The van der Waals surface area contributed by atoms with Crippen LogP contribution < -0.4 is 5.73 Å². The monoisotopic (exact) mass is 155 g/mol. The van der Waals surface area contributed by atoms with Gasteiger partial charge in [0.15, 0.2) is 6.29 Å². The van der Waals surface area contributed by atoms with E-state index in [2.05, 4.69) is 0 Å². The summed E-state index contributed by atoms with van der Waals surface area (Å²) in [7, 11) is 0. The number of aliphatic hydroxyl groups is 2. The number of phenols is 1. The number of benzene rings is 1. The Labute approximate surface area is 63.5 Å². The molecule has 4 nitrogen and oxygen atoms in total. The predicted octanol–water partition coefficient (Wildman–Crippen LogP) is -0.0424. The van der Waals surface area contributed by atoms with E-state index < -0.39 is 6.29 Å². The van der Waals surface area contributed by atoms with Gasteiger partial charge < -0.3 is 21.1 Å². The Morgan fingerprint density at radius 2 is 1.91 bits per heavy atom. The van der Waals surface area contributed by atoms with Crippen molar-refractivity contribution < 1.29 is 15.3 Å². The van der Waals surface area contributed by atoms with Crippen LogP contribution >= 0.6 is 0 Å². The third-order valence-electron chi connectivity index (χ3n) is 1.35. The number of hydrogen-bond acceptors (Lipinski definition) is 4. The zero-order valence-corrected chi connectivity index (χ0v) is 5.73. The van der Waals surface area contributed by atoms with Crippen LogP contribution in [0.25, 0.3) is 0 Å². The van der Waals surface area contributed by atoms with Crippen molar-refractivity contribution in [3.05, 3.63) is 23.8 Å². The molecular formula is C7H9NO3. The van der Waals surface area contributed by atoms with Crippen LogP contribution in [0.5, 0.6) is 5.75 Å². The van der Waals surface area contributed by atoms with Crippen LogP contribution in [0.1, 0.15) is 11.9 Å². The van der Waals surface area contributed by atoms with Gasteiger partial charge in [-0.2, -0.15) is 0 Å². The Morgan fingerprint density at radius 1 is 1.27 bits per heavy atom. The minimum Gasteiger partial charge on any atom is -0.508 e. The first kappa shape index (κ1) is 7.84. The Hall–Kier alpha value is -1.26. The number of phenolic OH excluding ortho intramolecular Hbond substituents is 1. The SMILES string of the molecule is Nc1ccc(O)cc1C(O)O. The van der Waals surface area contributed by atoms with Gasteiger partial charge in [-0.25, -0.2) is 0 Å². The molecule has 1 aromatic carbocycles. The van der Waals surface area contributed by atoms with Crippen molar-refractivity contribution in [1.82, 2.24) is 0 Å². The predicted molar refractivity (Wildman–Crippen MR) is 39.7 cm³/mol. The average Bonchev–Trinajstić information content (AvgIpc) is 1.94. The fourth-order valence-corrected chi connectivity index (χ4v) is 0.786. The van der Waals surface area contributed by atoms with E-state index in [0.29, 0.717) is 0 Å². The molecule has 0 atom stereocenters. The van der Waals surface area contributed by atoms with Gasteiger partial charge in [0, 0.05) is 11.3 Å². The fourth-order valence-electron chi connectivity index (χ4n) is 0.786. The molecule has 0 radical (unpaired) electrons. The molecule has 5 N–H and O–H groups in total. The first-order chi connectivity index (χ1) is 5.11. The molecule has 0 saturated heterocycles. The largest absolute Gasteiger partial charge is 0.508 e. The summed E-state index contributed by atoms with van der Waals surface area (Å²) >= 11 is 0. The fraction of sp³-hybridized carbons (Fsp3) is 0.143. The van der Waals surface area contributed by atoms with Crippen LogP contribution in [0, 0.1) is 0 Å². The zero-order valence-electron chi connectivity index (χ0n) is 5.73. The summed E-state index contributed by atoms with van der Waals surface area (Å²) in [5.41, 5.74) is 5.72. The van der Waals surface area contributed by atoms with Crippen molar-refractivity contribution in [2.24, 2.45) is 0 Å². The Kier molecular flexibility index (Phi) is 1.98. The molecule has 1 rings (SSSR count). The first-order valence-electron chi connectivity index (χ1n) is 3.06. The molecule has 0 saturated carbocycles. The molecule has 0 amide bonds. The summed E-state index contributed by atoms with van der Waals surface area (Å²) in [4.78, 5) is 0. The molecule has 60 valence electrons. The molecule has 0 heterocycles. The summed E-state index contributed by atoms with van der Waals surface area (Å²) in [6.07, 6.45) is -1.64. The van der Waals surface area contributed by atoms with E-state index in [0.717, 1.165) is 0 Å². The van der Waals surface area contributed by atoms with Gasteiger partial charge in [0.1, 0.15) is 5.75 Å². The van der Waals surface area contributed by atoms with Gasteiger partial charge in [-0.1, -0.05) is 0 Å². The van der Waals surface area contributed by atoms with Crippen LogP contribution in [0.2, 0.25) is 0 Å². The van der Waals surface area contributed by atoms with Gasteiger partial charge in [-0.3, -0.25) is 0 Å². The van der Waals surface area contributed by atoms with Crippen LogP contribution in [0.4, 0.5) is 5.69 Å². The molecule has 0 unspecified atom stereocenters. The average molecular weight is 155 g/mol. The van der Waals surface area contributed by atoms with Gasteiger partial charge >= 0.3 is 0 Å². The van der Waals surface area contributed by atoms with Gasteiger partial charge in [0.05, 0.1) is 0 Å². The molecule has 0 aromatic heterocycles. The maximum atomic E-state index is 8.91. The Bertz CT molecular complexity index is 260. The zero-order chi connectivity index (χ0) is 8.43. The highest BCUT2D eigenvalue weighted by Crippen LogP contribution is 2.22. The van der Waals surface area contributed by atoms with Crippen molar-refractivity contribution in [2.75, 3.05) is 5.73 Å². The Morgan fingerprint density at radius 3 is 2.36 bits per heavy atom. The van der Waals surface area contributed by atoms with Crippen LogP contribution in [-0.4, -0.2) is 15.3 Å². The summed E-state index contributed by atoms with van der Waals surface area (Å²) < 4.78 is 0. The number of aliphatic hydroxyl groups excluding tert-OH is 1. The van der Waals surface area contributed by atoms with E-state index in [-0.39, 0.29) is 17.0 Å². The Balaban J connectivity index is 3.13. The van der Waals surface area contributed by atoms with Crippen LogP contribution in [0.15, 0.2) is 18.2 Å². The lowest BCUT2D eigenvalue weighted by atomic mass is 10.1. The minimum absolute atomic E-state index is 0.0395. The highest BCUT2D eigenvalue weighted by atomic mass is 16.5. The second-order valence-electron chi connectivity index (χ2n) is 2.19. The second-order valence-corrected chi connectivity index (χ2v) is 2.19. The van der Waals surface area contributed by atoms with E-state index in [1.54, 1.807) is 0 Å². The lowest BCUT2D eigenvalue weighted by Gasteiger charge is -2.06. The lowest BCUT2D eigenvalue weighted by molar-refractivity contribution is -0.0420. The lowest BCUT2D eigenvalue weighted by Crippen LogP contribution is -1.99. The molecule has 4 heteroatoms. The van der Waals surface area contributed by atoms with E-state index in [1.807, 2.05) is 0 Å². The van der Waals surface area contributed by atoms with Gasteiger partial charge in [0.25, 0.3) is 0 Å². The minimum atomic E-state index is -1.64. The standard InChI is InChI=1S/C7H9NO3/c8-6-2-1-4(9)3-5(6)7(10)11/h1-3,7,9-11H,8H2. The summed E-state index contributed by atoms with van der Waals surface area (Å²) in [5, 5.41) is 26.3. The van der Waals surface area contributed by atoms with Gasteiger partial charge in [0.2, 0.25) is 0 Å². The van der Waals surface area contributed by atoms with E-state index in [1.165, 1.54) is 18.2 Å². The summed E-state index contributed by atoms with van der Waals surface area (Å²) in [6, 6.07) is 3.99. The van der Waals surface area contributed by atoms with Crippen LogP contribution in [-0.2, 0) is 0 Å². The van der Waals surface area contributed by atoms with Crippen molar-refractivity contribution in [3.63, 3.8) is 0 Å². The first-order valence-corrected chi connectivity index (χ1v) is 3.06. The normalized spacial score (nSPS) is 10.5. The van der Waals surface area contributed by atoms with Crippen LogP contribution in [0.3, 0.4) is 0 Å². The molecule has 11 heavy (non-hydrogen) atoms. The maximum absolute atomic E-state index is 8.91. The molecular weight excluding hydrogens is 146 g/mol. The van der Waals surface area contributed by atoms with Crippen molar-refractivity contribution in [2.45, 2.75) is 6.29 Å². The van der Waals surface area contributed by atoms with E-state index in [4.69, 9.17) is 21.1 Å². The number of hydrogen-bond donors (Lipinski definition) is 4. The second kappa shape index (κ2) is 2.77. The molecule has 0 aliphatic carbocycles. The molecule has 0 aliphatic rings. The number of nitrogens with two attached hydrogens (primary N) is 1. The highest BCUT2D eigenvalue weighted by molar-refractivity contribution is 5.50. The summed E-state index contributed by atoms with van der Waals surface area (Å²) in [6.45, 7) is 0. The van der Waals surface area contributed by atoms with E-state index in [9.17, 15) is 0 Å². The summed E-state index contributed by atoms with van der Waals surface area (Å²) in [5.74, 6) is -0.0395. The van der Waals surface area contributed by atoms with Crippen molar-refractivity contribution in [1.29, 1.82) is 0 Å². The molecule has 0 aliphatic heterocycles. The van der Waals surface area contributed by atoms with E-state index >= 15 is 0 Å². The number of aromatic hydroxyl groups is 1.